The Morgan fingerprint density at radius 3 is 2.57 bits per heavy atom. The lowest BCUT2D eigenvalue weighted by Crippen LogP contribution is -2.49. The Bertz CT molecular complexity index is 1230. The predicted molar refractivity (Wildman–Crippen MR) is 111 cm³/mol. The molecule has 0 aliphatic heterocycles. The molecule has 0 aliphatic rings. The van der Waals surface area contributed by atoms with Crippen molar-refractivity contribution in [3.8, 4) is 5.75 Å². The number of aryl methyl sites for hydroxylation is 1. The van der Waals surface area contributed by atoms with Crippen LogP contribution < -0.4 is 26.8 Å². The molecule has 0 saturated carbocycles. The van der Waals surface area contributed by atoms with Crippen LogP contribution in [-0.2, 0) is 16.1 Å². The van der Waals surface area contributed by atoms with Crippen LogP contribution in [0.25, 0.3) is 10.9 Å². The maximum absolute atomic E-state index is 12.3. The van der Waals surface area contributed by atoms with E-state index in [9.17, 15) is 19.2 Å². The van der Waals surface area contributed by atoms with Gasteiger partial charge in [-0.3, -0.25) is 34.8 Å². The summed E-state index contributed by atoms with van der Waals surface area (Å²) in [5, 5.41) is 0.282. The van der Waals surface area contributed by atoms with E-state index in [1.54, 1.807) is 37.3 Å². The van der Waals surface area contributed by atoms with Gasteiger partial charge in [-0.05, 0) is 50.1 Å². The zero-order valence-corrected chi connectivity index (χ0v) is 16.8. The van der Waals surface area contributed by atoms with Crippen LogP contribution in [-0.4, -0.2) is 27.5 Å². The van der Waals surface area contributed by atoms with Crippen molar-refractivity contribution in [2.75, 3.05) is 0 Å². The maximum Gasteiger partial charge on any atom is 0.329 e. The van der Waals surface area contributed by atoms with Crippen LogP contribution in [0.5, 0.6) is 5.75 Å². The van der Waals surface area contributed by atoms with Crippen LogP contribution in [0.1, 0.15) is 18.1 Å². The Hall–Kier alpha value is -3.88. The third-order valence-corrected chi connectivity index (χ3v) is 4.76. The van der Waals surface area contributed by atoms with Crippen LogP contribution in [0.2, 0.25) is 0 Å². The molecule has 156 valence electrons. The number of ether oxygens (including phenoxy) is 1. The zero-order chi connectivity index (χ0) is 21.8. The lowest BCUT2D eigenvalue weighted by molar-refractivity contribution is -0.133. The van der Waals surface area contributed by atoms with Crippen LogP contribution >= 0.6 is 0 Å². The molecule has 3 aromatic rings. The standard InChI is InChI=1S/C21H22N4O5/c1-12-7-6-10-17(13(12)2)30-14(3)19(27)24-23-18(26)11-25-16-9-5-4-8-15(16)20(28)22-21(25)29/h4-10,14H,11H2,1-3H3,(H,23,26)(H,24,27)(H,22,28,29). The average Bonchev–Trinajstić information content (AvgIpc) is 2.72. The molecule has 1 aromatic heterocycles. The van der Waals surface area contributed by atoms with E-state index in [4.69, 9.17) is 4.74 Å². The zero-order valence-electron chi connectivity index (χ0n) is 16.8. The summed E-state index contributed by atoms with van der Waals surface area (Å²) in [4.78, 5) is 50.7. The van der Waals surface area contributed by atoms with Gasteiger partial charge in [0, 0.05) is 0 Å². The number of H-pyrrole nitrogens is 1. The van der Waals surface area contributed by atoms with Gasteiger partial charge in [-0.1, -0.05) is 24.3 Å². The number of hydrogen-bond donors (Lipinski definition) is 3. The van der Waals surface area contributed by atoms with Gasteiger partial charge in [0.1, 0.15) is 12.3 Å². The van der Waals surface area contributed by atoms with Gasteiger partial charge in [-0.2, -0.15) is 0 Å². The first-order valence-corrected chi connectivity index (χ1v) is 9.31. The molecule has 3 rings (SSSR count). The molecule has 0 bridgehead atoms. The summed E-state index contributed by atoms with van der Waals surface area (Å²) in [7, 11) is 0. The highest BCUT2D eigenvalue weighted by molar-refractivity contribution is 5.85. The molecule has 2 amide bonds. The van der Waals surface area contributed by atoms with Crippen LogP contribution in [0.4, 0.5) is 0 Å². The Morgan fingerprint density at radius 2 is 1.80 bits per heavy atom. The van der Waals surface area contributed by atoms with Crippen LogP contribution in [0.3, 0.4) is 0 Å². The fourth-order valence-corrected chi connectivity index (χ4v) is 2.91. The van der Waals surface area contributed by atoms with Gasteiger partial charge in [0.2, 0.25) is 0 Å². The van der Waals surface area contributed by atoms with E-state index in [1.165, 1.54) is 0 Å². The summed E-state index contributed by atoms with van der Waals surface area (Å²) in [5.74, 6) is -0.611. The number of benzene rings is 2. The Kier molecular flexibility index (Phi) is 6.01. The van der Waals surface area contributed by atoms with Crippen molar-refractivity contribution in [2.45, 2.75) is 33.4 Å². The number of rotatable bonds is 5. The number of carbonyl (C=O) groups is 2. The van der Waals surface area contributed by atoms with Crippen molar-refractivity contribution in [2.24, 2.45) is 0 Å². The number of carbonyl (C=O) groups excluding carboxylic acids is 2. The number of amides is 2. The molecule has 1 atom stereocenters. The number of nitrogens with one attached hydrogen (secondary N) is 3. The number of fused-ring (bicyclic) bond motifs is 1. The molecule has 3 N–H and O–H groups in total. The SMILES string of the molecule is Cc1cccc(OC(C)C(=O)NNC(=O)Cn2c(=O)[nH]c(=O)c3ccccc32)c1C. The highest BCUT2D eigenvalue weighted by Crippen LogP contribution is 2.21. The molecular weight excluding hydrogens is 388 g/mol. The Labute approximate surface area is 171 Å². The molecule has 2 aromatic carbocycles. The van der Waals surface area contributed by atoms with Gasteiger partial charge in [-0.25, -0.2) is 4.79 Å². The summed E-state index contributed by atoms with van der Waals surface area (Å²) in [6, 6.07) is 12.0. The minimum Gasteiger partial charge on any atom is -0.481 e. The minimum absolute atomic E-state index is 0.282. The third kappa shape index (κ3) is 4.40. The number of hydrogen-bond acceptors (Lipinski definition) is 5. The van der Waals surface area contributed by atoms with Gasteiger partial charge in [0.25, 0.3) is 17.4 Å². The number of para-hydroxylation sites is 1. The lowest BCUT2D eigenvalue weighted by Gasteiger charge is -2.17. The van der Waals surface area contributed by atoms with Crippen molar-refractivity contribution in [1.82, 2.24) is 20.4 Å². The molecule has 0 fully saturated rings. The molecule has 9 nitrogen and oxygen atoms in total. The van der Waals surface area contributed by atoms with Gasteiger partial charge in [0.05, 0.1) is 10.9 Å². The molecule has 1 unspecified atom stereocenters. The minimum atomic E-state index is -0.859. The van der Waals surface area contributed by atoms with E-state index in [0.717, 1.165) is 15.7 Å². The predicted octanol–water partition coefficient (Wildman–Crippen LogP) is 0.922. The lowest BCUT2D eigenvalue weighted by atomic mass is 10.1. The van der Waals surface area contributed by atoms with Crippen LogP contribution in [0, 0.1) is 13.8 Å². The first-order chi connectivity index (χ1) is 14.3. The highest BCUT2D eigenvalue weighted by atomic mass is 16.5. The summed E-state index contributed by atoms with van der Waals surface area (Å²) < 4.78 is 6.79. The Morgan fingerprint density at radius 1 is 1.07 bits per heavy atom. The third-order valence-electron chi connectivity index (χ3n) is 4.76. The van der Waals surface area contributed by atoms with Gasteiger partial charge >= 0.3 is 5.69 Å². The van der Waals surface area contributed by atoms with Crippen molar-refractivity contribution >= 4 is 22.7 Å². The monoisotopic (exact) mass is 410 g/mol. The first-order valence-electron chi connectivity index (χ1n) is 9.31. The quantitative estimate of drug-likeness (QED) is 0.540. The number of aromatic amines is 1. The van der Waals surface area contributed by atoms with E-state index >= 15 is 0 Å². The highest BCUT2D eigenvalue weighted by Gasteiger charge is 2.17. The number of hydrazine groups is 1. The first kappa shape index (κ1) is 20.8. The largest absolute Gasteiger partial charge is 0.481 e. The maximum atomic E-state index is 12.3. The molecule has 0 spiro atoms. The van der Waals surface area contributed by atoms with Crippen molar-refractivity contribution < 1.29 is 14.3 Å². The molecule has 30 heavy (non-hydrogen) atoms. The second-order valence-corrected chi connectivity index (χ2v) is 6.86. The summed E-state index contributed by atoms with van der Waals surface area (Å²) in [6.45, 7) is 5.00. The molecular formula is C21H22N4O5. The summed E-state index contributed by atoms with van der Waals surface area (Å²) in [6.07, 6.45) is -0.859. The average molecular weight is 410 g/mol. The smallest absolute Gasteiger partial charge is 0.329 e. The fraction of sp³-hybridized carbons (Fsp3) is 0.238. The molecule has 0 saturated heterocycles. The van der Waals surface area contributed by atoms with Gasteiger partial charge in [0.15, 0.2) is 6.10 Å². The van der Waals surface area contributed by atoms with Gasteiger partial charge < -0.3 is 4.74 Å². The van der Waals surface area contributed by atoms with E-state index in [-0.39, 0.29) is 11.9 Å². The van der Waals surface area contributed by atoms with Gasteiger partial charge in [-0.15, -0.1) is 0 Å². The summed E-state index contributed by atoms with van der Waals surface area (Å²) >= 11 is 0. The van der Waals surface area contributed by atoms with E-state index in [0.29, 0.717) is 11.3 Å². The number of aromatic nitrogens is 2. The van der Waals surface area contributed by atoms with Crippen molar-refractivity contribution in [3.05, 3.63) is 74.4 Å². The van der Waals surface area contributed by atoms with Crippen molar-refractivity contribution in [3.63, 3.8) is 0 Å². The molecule has 9 heteroatoms. The summed E-state index contributed by atoms with van der Waals surface area (Å²) in [5.41, 5.74) is 5.57. The second-order valence-electron chi connectivity index (χ2n) is 6.86. The van der Waals surface area contributed by atoms with E-state index in [1.807, 2.05) is 26.0 Å². The van der Waals surface area contributed by atoms with E-state index < -0.39 is 29.2 Å². The molecule has 0 aliphatic carbocycles. The van der Waals surface area contributed by atoms with E-state index in [2.05, 4.69) is 15.8 Å². The Balaban J connectivity index is 1.64. The normalized spacial score (nSPS) is 11.7. The second kappa shape index (κ2) is 8.64. The van der Waals surface area contributed by atoms with Crippen LogP contribution in [0.15, 0.2) is 52.1 Å². The number of nitrogens with zero attached hydrogens (tertiary/aromatic N) is 1. The fourth-order valence-electron chi connectivity index (χ4n) is 2.91. The van der Waals surface area contributed by atoms with Crippen molar-refractivity contribution in [1.29, 1.82) is 0 Å². The topological polar surface area (TPSA) is 122 Å². The molecule has 1 heterocycles. The molecule has 0 radical (unpaired) electrons.